The Hall–Kier alpha value is -4.02. The topological polar surface area (TPSA) is 118 Å². The van der Waals surface area contributed by atoms with Crippen molar-refractivity contribution < 1.29 is 14.0 Å². The molecular formula is C20H20N8O3. The molecule has 0 spiro atoms. The van der Waals surface area contributed by atoms with Gasteiger partial charge in [0.25, 0.3) is 5.88 Å². The summed E-state index contributed by atoms with van der Waals surface area (Å²) in [7, 11) is 1.55. The van der Waals surface area contributed by atoms with E-state index < -0.39 is 0 Å². The lowest BCUT2D eigenvalue weighted by atomic mass is 10.3. The lowest BCUT2D eigenvalue weighted by molar-refractivity contribution is 0.264. The number of fused-ring (bicyclic) bond motifs is 2. The van der Waals surface area contributed by atoms with Crippen molar-refractivity contribution in [2.45, 2.75) is 33.9 Å². The second kappa shape index (κ2) is 7.35. The predicted molar refractivity (Wildman–Crippen MR) is 110 cm³/mol. The van der Waals surface area contributed by atoms with Crippen LogP contribution in [0.5, 0.6) is 11.6 Å². The molecule has 0 saturated carbocycles. The summed E-state index contributed by atoms with van der Waals surface area (Å²) in [6, 6.07) is 7.39. The van der Waals surface area contributed by atoms with Gasteiger partial charge in [-0.3, -0.25) is 4.68 Å². The molecule has 5 aromatic heterocycles. The van der Waals surface area contributed by atoms with Crippen molar-refractivity contribution in [2.24, 2.45) is 0 Å². The summed E-state index contributed by atoms with van der Waals surface area (Å²) in [6.07, 6.45) is 0. The third kappa shape index (κ3) is 3.23. The summed E-state index contributed by atoms with van der Waals surface area (Å²) in [5.74, 6) is 1.85. The number of hydrogen-bond acceptors (Lipinski definition) is 9. The highest BCUT2D eigenvalue weighted by Crippen LogP contribution is 2.28. The molecule has 0 radical (unpaired) electrons. The standard InChI is InChI=1S/C20H20N8O3/c1-5-27-15-7-6-13(21-18(15)12(3)24-27)10-30-20-16(29-4)9-17-22-23-19(28(17)25-20)14-8-11(2)31-26-14/h6-9H,5,10H2,1-4H3. The van der Waals surface area contributed by atoms with Gasteiger partial charge in [0.05, 0.1) is 24.0 Å². The Morgan fingerprint density at radius 3 is 2.71 bits per heavy atom. The van der Waals surface area contributed by atoms with Crippen molar-refractivity contribution in [3.63, 3.8) is 0 Å². The highest BCUT2D eigenvalue weighted by atomic mass is 16.5. The van der Waals surface area contributed by atoms with Crippen LogP contribution in [0.3, 0.4) is 0 Å². The molecule has 31 heavy (non-hydrogen) atoms. The van der Waals surface area contributed by atoms with Crippen LogP contribution in [0, 0.1) is 13.8 Å². The molecule has 0 aromatic carbocycles. The Morgan fingerprint density at radius 2 is 1.97 bits per heavy atom. The average Bonchev–Trinajstić information content (AvgIpc) is 3.48. The van der Waals surface area contributed by atoms with Gasteiger partial charge in [-0.25, -0.2) is 4.98 Å². The Balaban J connectivity index is 1.48. The van der Waals surface area contributed by atoms with Crippen LogP contribution in [0.25, 0.3) is 28.2 Å². The van der Waals surface area contributed by atoms with Crippen LogP contribution < -0.4 is 9.47 Å². The van der Waals surface area contributed by atoms with Gasteiger partial charge in [0.2, 0.25) is 5.82 Å². The molecule has 5 aromatic rings. The summed E-state index contributed by atoms with van der Waals surface area (Å²) in [5, 5.41) is 21.3. The van der Waals surface area contributed by atoms with Gasteiger partial charge in [0, 0.05) is 18.7 Å². The van der Waals surface area contributed by atoms with Crippen LogP contribution in [-0.2, 0) is 13.2 Å². The zero-order valence-corrected chi connectivity index (χ0v) is 17.5. The van der Waals surface area contributed by atoms with Crippen molar-refractivity contribution in [3.8, 4) is 23.1 Å². The number of aromatic nitrogens is 8. The van der Waals surface area contributed by atoms with E-state index in [4.69, 9.17) is 19.0 Å². The fourth-order valence-electron chi connectivity index (χ4n) is 3.39. The van der Waals surface area contributed by atoms with Gasteiger partial charge in [0.1, 0.15) is 17.9 Å². The summed E-state index contributed by atoms with van der Waals surface area (Å²) >= 11 is 0. The number of aryl methyl sites for hydroxylation is 3. The van der Waals surface area contributed by atoms with Crippen molar-refractivity contribution in [2.75, 3.05) is 7.11 Å². The first kappa shape index (κ1) is 19.0. The Kier molecular flexibility index (Phi) is 4.50. The van der Waals surface area contributed by atoms with E-state index in [0.717, 1.165) is 29.0 Å². The Morgan fingerprint density at radius 1 is 1.10 bits per heavy atom. The second-order valence-electron chi connectivity index (χ2n) is 6.99. The van der Waals surface area contributed by atoms with Gasteiger partial charge in [0.15, 0.2) is 17.1 Å². The number of ether oxygens (including phenoxy) is 2. The smallest absolute Gasteiger partial charge is 0.275 e. The molecule has 0 N–H and O–H groups in total. The first-order valence-electron chi connectivity index (χ1n) is 9.77. The number of rotatable bonds is 6. The van der Waals surface area contributed by atoms with Crippen LogP contribution in [0.1, 0.15) is 24.1 Å². The molecule has 5 heterocycles. The summed E-state index contributed by atoms with van der Waals surface area (Å²) in [6.45, 7) is 6.80. The molecule has 158 valence electrons. The number of methoxy groups -OCH3 is 1. The zero-order chi connectivity index (χ0) is 21.5. The van der Waals surface area contributed by atoms with E-state index in [0.29, 0.717) is 34.6 Å². The molecule has 0 bridgehead atoms. The van der Waals surface area contributed by atoms with Gasteiger partial charge >= 0.3 is 0 Å². The number of pyridine rings is 1. The highest BCUT2D eigenvalue weighted by molar-refractivity contribution is 5.77. The summed E-state index contributed by atoms with van der Waals surface area (Å²) < 4.78 is 20.0. The first-order chi connectivity index (χ1) is 15.1. The van der Waals surface area contributed by atoms with E-state index in [1.165, 1.54) is 0 Å². The predicted octanol–water partition coefficient (Wildman–Crippen LogP) is 2.75. The van der Waals surface area contributed by atoms with Crippen molar-refractivity contribution >= 4 is 16.7 Å². The Labute approximate surface area is 176 Å². The molecule has 0 aliphatic carbocycles. The quantitative estimate of drug-likeness (QED) is 0.408. The molecule has 11 nitrogen and oxygen atoms in total. The fraction of sp³-hybridized carbons (Fsp3) is 0.300. The minimum Gasteiger partial charge on any atom is -0.491 e. The minimum atomic E-state index is 0.210. The lowest BCUT2D eigenvalue weighted by Gasteiger charge is -2.10. The summed E-state index contributed by atoms with van der Waals surface area (Å²) in [5.41, 5.74) is 4.53. The maximum absolute atomic E-state index is 5.96. The van der Waals surface area contributed by atoms with Crippen LogP contribution in [0.2, 0.25) is 0 Å². The van der Waals surface area contributed by atoms with Crippen molar-refractivity contribution in [3.05, 3.63) is 41.4 Å². The van der Waals surface area contributed by atoms with Gasteiger partial charge in [-0.2, -0.15) is 9.61 Å². The van der Waals surface area contributed by atoms with E-state index in [2.05, 4.69) is 32.5 Å². The molecule has 0 unspecified atom stereocenters. The van der Waals surface area contributed by atoms with Gasteiger partial charge in [-0.1, -0.05) is 5.16 Å². The molecule has 11 heteroatoms. The van der Waals surface area contributed by atoms with Crippen LogP contribution in [0.4, 0.5) is 0 Å². The maximum atomic E-state index is 5.96. The molecule has 0 saturated heterocycles. The molecular weight excluding hydrogens is 400 g/mol. The third-order valence-corrected chi connectivity index (χ3v) is 4.88. The van der Waals surface area contributed by atoms with E-state index in [-0.39, 0.29) is 6.61 Å². The highest BCUT2D eigenvalue weighted by Gasteiger charge is 2.18. The van der Waals surface area contributed by atoms with Crippen LogP contribution in [-0.4, -0.2) is 46.8 Å². The molecule has 0 atom stereocenters. The summed E-state index contributed by atoms with van der Waals surface area (Å²) in [4.78, 5) is 4.70. The monoisotopic (exact) mass is 420 g/mol. The number of hydrogen-bond donors (Lipinski definition) is 0. The van der Waals surface area contributed by atoms with E-state index >= 15 is 0 Å². The van der Waals surface area contributed by atoms with E-state index in [1.54, 1.807) is 30.7 Å². The molecule has 0 amide bonds. The lowest BCUT2D eigenvalue weighted by Crippen LogP contribution is -2.05. The molecule has 0 fully saturated rings. The fourth-order valence-corrected chi connectivity index (χ4v) is 3.39. The maximum Gasteiger partial charge on any atom is 0.275 e. The largest absolute Gasteiger partial charge is 0.491 e. The van der Waals surface area contributed by atoms with Gasteiger partial charge < -0.3 is 14.0 Å². The van der Waals surface area contributed by atoms with Crippen LogP contribution in [0.15, 0.2) is 28.8 Å². The first-order valence-corrected chi connectivity index (χ1v) is 9.77. The number of nitrogens with zero attached hydrogens (tertiary/aromatic N) is 8. The molecule has 0 aliphatic rings. The normalized spacial score (nSPS) is 11.5. The molecule has 5 rings (SSSR count). The van der Waals surface area contributed by atoms with E-state index in [1.807, 2.05) is 23.7 Å². The second-order valence-corrected chi connectivity index (χ2v) is 6.99. The van der Waals surface area contributed by atoms with Crippen molar-refractivity contribution in [1.29, 1.82) is 0 Å². The van der Waals surface area contributed by atoms with Crippen LogP contribution >= 0.6 is 0 Å². The van der Waals surface area contributed by atoms with E-state index in [9.17, 15) is 0 Å². The zero-order valence-electron chi connectivity index (χ0n) is 17.5. The minimum absolute atomic E-state index is 0.210. The SMILES string of the molecule is CCn1nc(C)c2nc(COc3nn4c(-c5cc(C)on5)nnc4cc3OC)ccc21. The molecule has 0 aliphatic heterocycles. The third-order valence-electron chi connectivity index (χ3n) is 4.88. The van der Waals surface area contributed by atoms with Gasteiger partial charge in [-0.05, 0) is 32.9 Å². The van der Waals surface area contributed by atoms with Crippen molar-refractivity contribution in [1.82, 2.24) is 39.7 Å². The Bertz CT molecular complexity index is 1400. The van der Waals surface area contributed by atoms with Gasteiger partial charge in [-0.15, -0.1) is 15.3 Å². The average molecular weight is 420 g/mol.